The highest BCUT2D eigenvalue weighted by Gasteiger charge is 2.20. The number of aryl methyl sites for hydroxylation is 1. The van der Waals surface area contributed by atoms with Crippen LogP contribution >= 0.6 is 15.9 Å². The molecular formula is C12H12BrN3O4S. The Kier molecular flexibility index (Phi) is 4.33. The van der Waals surface area contributed by atoms with Crippen molar-refractivity contribution in [2.75, 3.05) is 4.72 Å². The second-order valence-electron chi connectivity index (χ2n) is 4.15. The molecule has 0 aliphatic rings. The molecule has 21 heavy (non-hydrogen) atoms. The second-order valence-corrected chi connectivity index (χ2v) is 6.71. The number of nitrogens with one attached hydrogen (secondary N) is 2. The number of aromatic amines is 1. The smallest absolute Gasteiger partial charge is 0.337 e. The lowest BCUT2D eigenvalue weighted by atomic mass is 10.2. The molecule has 7 nitrogen and oxygen atoms in total. The van der Waals surface area contributed by atoms with Gasteiger partial charge in [0.05, 0.1) is 17.4 Å². The number of carboxylic acids is 1. The normalized spacial score (nSPS) is 11.3. The number of rotatable bonds is 5. The zero-order chi connectivity index (χ0) is 15.6. The fourth-order valence-corrected chi connectivity index (χ4v) is 3.02. The van der Waals surface area contributed by atoms with Crippen LogP contribution in [0.3, 0.4) is 0 Å². The first kappa shape index (κ1) is 15.5. The van der Waals surface area contributed by atoms with E-state index in [0.29, 0.717) is 16.7 Å². The maximum Gasteiger partial charge on any atom is 0.337 e. The van der Waals surface area contributed by atoms with Crippen molar-refractivity contribution in [3.8, 4) is 0 Å². The molecule has 1 aromatic carbocycles. The Balaban J connectivity index is 2.39. The van der Waals surface area contributed by atoms with Gasteiger partial charge >= 0.3 is 5.97 Å². The van der Waals surface area contributed by atoms with Crippen LogP contribution in [-0.4, -0.2) is 29.5 Å². The molecule has 0 bridgehead atoms. The van der Waals surface area contributed by atoms with E-state index >= 15 is 0 Å². The Labute approximate surface area is 129 Å². The van der Waals surface area contributed by atoms with Crippen molar-refractivity contribution in [3.63, 3.8) is 0 Å². The monoisotopic (exact) mass is 373 g/mol. The van der Waals surface area contributed by atoms with Crippen LogP contribution in [0.2, 0.25) is 0 Å². The molecule has 3 N–H and O–H groups in total. The molecule has 1 heterocycles. The van der Waals surface area contributed by atoms with E-state index in [2.05, 4.69) is 30.6 Å². The quantitative estimate of drug-likeness (QED) is 0.743. The SMILES string of the molecule is CCc1ncc(S(=O)(=O)Nc2ccc(Br)cc2C(=O)O)[nH]1. The first-order valence-corrected chi connectivity index (χ1v) is 8.20. The van der Waals surface area contributed by atoms with Crippen LogP contribution in [0.4, 0.5) is 5.69 Å². The van der Waals surface area contributed by atoms with Gasteiger partial charge in [0.1, 0.15) is 5.82 Å². The van der Waals surface area contributed by atoms with Crippen LogP contribution < -0.4 is 4.72 Å². The van der Waals surface area contributed by atoms with Gasteiger partial charge < -0.3 is 10.1 Å². The zero-order valence-corrected chi connectivity index (χ0v) is 13.3. The van der Waals surface area contributed by atoms with Gasteiger partial charge in [-0.05, 0) is 18.2 Å². The minimum Gasteiger partial charge on any atom is -0.478 e. The number of H-pyrrole nitrogens is 1. The molecule has 0 fully saturated rings. The molecule has 112 valence electrons. The fraction of sp³-hybridized carbons (Fsp3) is 0.167. The molecule has 0 aliphatic heterocycles. The lowest BCUT2D eigenvalue weighted by Gasteiger charge is -2.09. The van der Waals surface area contributed by atoms with E-state index in [1.165, 1.54) is 18.3 Å². The van der Waals surface area contributed by atoms with Gasteiger partial charge in [-0.25, -0.2) is 9.78 Å². The number of halogens is 1. The van der Waals surface area contributed by atoms with Crippen molar-refractivity contribution >= 4 is 37.6 Å². The Morgan fingerprint density at radius 1 is 1.48 bits per heavy atom. The number of aromatic nitrogens is 2. The van der Waals surface area contributed by atoms with E-state index < -0.39 is 16.0 Å². The number of aromatic carboxylic acids is 1. The number of hydrogen-bond acceptors (Lipinski definition) is 4. The first-order chi connectivity index (χ1) is 9.83. The van der Waals surface area contributed by atoms with Crippen molar-refractivity contribution in [1.82, 2.24) is 9.97 Å². The van der Waals surface area contributed by atoms with Gasteiger partial charge in [0.2, 0.25) is 0 Å². The summed E-state index contributed by atoms with van der Waals surface area (Å²) in [5.74, 6) is -0.697. The van der Waals surface area contributed by atoms with Gasteiger partial charge in [-0.3, -0.25) is 4.72 Å². The molecule has 0 unspecified atom stereocenters. The highest BCUT2D eigenvalue weighted by molar-refractivity contribution is 9.10. The van der Waals surface area contributed by atoms with Crippen LogP contribution in [0.1, 0.15) is 23.1 Å². The van der Waals surface area contributed by atoms with Gasteiger partial charge in [-0.2, -0.15) is 8.42 Å². The van der Waals surface area contributed by atoms with E-state index in [4.69, 9.17) is 5.11 Å². The van der Waals surface area contributed by atoms with E-state index in [0.717, 1.165) is 0 Å². The van der Waals surface area contributed by atoms with Gasteiger partial charge in [0.25, 0.3) is 10.0 Å². The summed E-state index contributed by atoms with van der Waals surface area (Å²) in [6.07, 6.45) is 1.76. The molecule has 0 atom stereocenters. The van der Waals surface area contributed by atoms with Crippen molar-refractivity contribution in [1.29, 1.82) is 0 Å². The lowest BCUT2D eigenvalue weighted by Crippen LogP contribution is -2.16. The summed E-state index contributed by atoms with van der Waals surface area (Å²) in [4.78, 5) is 17.8. The summed E-state index contributed by atoms with van der Waals surface area (Å²) in [7, 11) is -3.92. The number of benzene rings is 1. The highest BCUT2D eigenvalue weighted by atomic mass is 79.9. The summed E-state index contributed by atoms with van der Waals surface area (Å²) in [5, 5.41) is 9.01. The Bertz CT molecular complexity index is 786. The van der Waals surface area contributed by atoms with Crippen molar-refractivity contribution in [3.05, 3.63) is 40.3 Å². The number of imidazole rings is 1. The van der Waals surface area contributed by atoms with Gasteiger partial charge in [-0.1, -0.05) is 22.9 Å². The summed E-state index contributed by atoms with van der Waals surface area (Å²) in [6.45, 7) is 1.83. The standard InChI is InChI=1S/C12H12BrN3O4S/c1-2-10-14-6-11(15-10)21(19,20)16-9-4-3-7(13)5-8(9)12(17)18/h3-6,16H,2H2,1H3,(H,14,15)(H,17,18). The van der Waals surface area contributed by atoms with E-state index in [9.17, 15) is 13.2 Å². The minimum absolute atomic E-state index is 0.0154. The number of nitrogens with zero attached hydrogens (tertiary/aromatic N) is 1. The van der Waals surface area contributed by atoms with Gasteiger partial charge in [0.15, 0.2) is 5.03 Å². The molecule has 0 aliphatic carbocycles. The van der Waals surface area contributed by atoms with E-state index in [1.54, 1.807) is 6.07 Å². The predicted molar refractivity (Wildman–Crippen MR) is 79.9 cm³/mol. The molecule has 0 saturated heterocycles. The average Bonchev–Trinajstić information content (AvgIpc) is 2.90. The van der Waals surface area contributed by atoms with E-state index in [1.807, 2.05) is 6.92 Å². The summed E-state index contributed by atoms with van der Waals surface area (Å²) < 4.78 is 27.2. The predicted octanol–water partition coefficient (Wildman–Crippen LogP) is 2.23. The molecule has 2 rings (SSSR count). The average molecular weight is 374 g/mol. The number of hydrogen-bond donors (Lipinski definition) is 3. The number of carbonyl (C=O) groups is 1. The van der Waals surface area contributed by atoms with E-state index in [-0.39, 0.29) is 16.3 Å². The van der Waals surface area contributed by atoms with Crippen molar-refractivity contribution in [2.45, 2.75) is 18.4 Å². The third kappa shape index (κ3) is 3.42. The highest BCUT2D eigenvalue weighted by Crippen LogP contribution is 2.23. The molecule has 0 spiro atoms. The molecule has 1 aromatic heterocycles. The topological polar surface area (TPSA) is 112 Å². The third-order valence-corrected chi connectivity index (χ3v) is 4.45. The molecule has 0 amide bonds. The molecule has 0 radical (unpaired) electrons. The maximum atomic E-state index is 12.2. The van der Waals surface area contributed by atoms with Crippen LogP contribution in [0.5, 0.6) is 0 Å². The Morgan fingerprint density at radius 2 is 2.19 bits per heavy atom. The zero-order valence-electron chi connectivity index (χ0n) is 10.9. The number of sulfonamides is 1. The molecule has 2 aromatic rings. The first-order valence-electron chi connectivity index (χ1n) is 5.93. The largest absolute Gasteiger partial charge is 0.478 e. The van der Waals surface area contributed by atoms with Crippen LogP contribution in [0, 0.1) is 0 Å². The van der Waals surface area contributed by atoms with Crippen molar-refractivity contribution in [2.24, 2.45) is 0 Å². The van der Waals surface area contributed by atoms with Crippen LogP contribution in [-0.2, 0) is 16.4 Å². The van der Waals surface area contributed by atoms with Gasteiger partial charge in [-0.15, -0.1) is 0 Å². The summed E-state index contributed by atoms with van der Waals surface area (Å²) in [5.41, 5.74) is -0.165. The number of carboxylic acid groups (broad SMARTS) is 1. The lowest BCUT2D eigenvalue weighted by molar-refractivity contribution is 0.0698. The van der Waals surface area contributed by atoms with Crippen LogP contribution in [0.25, 0.3) is 0 Å². The summed E-state index contributed by atoms with van der Waals surface area (Å²) in [6, 6.07) is 4.25. The second kappa shape index (κ2) is 5.86. The van der Waals surface area contributed by atoms with Crippen molar-refractivity contribution < 1.29 is 18.3 Å². The molecule has 9 heteroatoms. The molecular weight excluding hydrogens is 362 g/mol. The van der Waals surface area contributed by atoms with Gasteiger partial charge in [0, 0.05) is 10.9 Å². The molecule has 0 saturated carbocycles. The minimum atomic E-state index is -3.92. The third-order valence-electron chi connectivity index (χ3n) is 2.69. The number of anilines is 1. The Hall–Kier alpha value is -1.87. The van der Waals surface area contributed by atoms with Crippen LogP contribution in [0.15, 0.2) is 33.9 Å². The maximum absolute atomic E-state index is 12.2. The fourth-order valence-electron chi connectivity index (χ4n) is 1.64. The Morgan fingerprint density at radius 3 is 2.76 bits per heavy atom. The summed E-state index contributed by atoms with van der Waals surface area (Å²) >= 11 is 3.15.